The normalized spacial score (nSPS) is 13.9. The predicted molar refractivity (Wildman–Crippen MR) is 141 cm³/mol. The molecule has 1 aliphatic heterocycles. The van der Waals surface area contributed by atoms with E-state index >= 15 is 0 Å². The molecule has 8 heteroatoms. The summed E-state index contributed by atoms with van der Waals surface area (Å²) in [6.07, 6.45) is 0.446. The summed E-state index contributed by atoms with van der Waals surface area (Å²) in [5, 5.41) is 6.52. The van der Waals surface area contributed by atoms with E-state index in [0.29, 0.717) is 32.1 Å². The van der Waals surface area contributed by atoms with Gasteiger partial charge in [-0.05, 0) is 25.1 Å². The lowest BCUT2D eigenvalue weighted by Gasteiger charge is -2.36. The molecule has 0 saturated carbocycles. The molecule has 2 aromatic rings. The average Bonchev–Trinajstić information content (AvgIpc) is 2.83. The molecule has 0 spiro atoms. The van der Waals surface area contributed by atoms with E-state index in [0.717, 1.165) is 37.5 Å². The molecule has 0 atom stereocenters. The Morgan fingerprint density at radius 2 is 1.69 bits per heavy atom. The van der Waals surface area contributed by atoms with Crippen LogP contribution < -0.4 is 20.3 Å². The lowest BCUT2D eigenvalue weighted by Crippen LogP contribution is -2.49. The molecule has 2 aromatic carbocycles. The molecule has 0 aliphatic carbocycles. The smallest absolute Gasteiger partial charge is 0.224 e. The third-order valence-corrected chi connectivity index (χ3v) is 5.33. The van der Waals surface area contributed by atoms with E-state index in [9.17, 15) is 4.79 Å². The highest BCUT2D eigenvalue weighted by atomic mass is 127. The minimum absolute atomic E-state index is 0. The summed E-state index contributed by atoms with van der Waals surface area (Å²) in [7, 11) is 1.73. The molecule has 0 bridgehead atoms. The van der Waals surface area contributed by atoms with Gasteiger partial charge in [-0.15, -0.1) is 24.0 Å². The zero-order valence-electron chi connectivity index (χ0n) is 18.9. The van der Waals surface area contributed by atoms with Gasteiger partial charge >= 0.3 is 0 Å². The summed E-state index contributed by atoms with van der Waals surface area (Å²) in [4.78, 5) is 21.1. The number of carbonyl (C=O) groups is 1. The highest BCUT2D eigenvalue weighted by Gasteiger charge is 2.20. The highest BCUT2D eigenvalue weighted by molar-refractivity contribution is 14.0. The monoisotopic (exact) mass is 551 g/mol. The van der Waals surface area contributed by atoms with Gasteiger partial charge in [0.15, 0.2) is 5.96 Å². The SMILES string of the molecule is CCOc1ccccc1CNC(=NC)NCCC(=O)N1CCN(c2ccccc2)CC1.I. The van der Waals surface area contributed by atoms with Crippen LogP contribution in [0.4, 0.5) is 5.69 Å². The predicted octanol–water partition coefficient (Wildman–Crippen LogP) is 3.11. The summed E-state index contributed by atoms with van der Waals surface area (Å²) in [5.41, 5.74) is 2.29. The molecule has 1 saturated heterocycles. The van der Waals surface area contributed by atoms with Crippen LogP contribution in [0.15, 0.2) is 59.6 Å². The van der Waals surface area contributed by atoms with Crippen molar-refractivity contribution in [3.63, 3.8) is 0 Å². The first-order valence-electron chi connectivity index (χ1n) is 10.9. The second kappa shape index (κ2) is 13.8. The minimum atomic E-state index is 0. The number of ether oxygens (including phenoxy) is 1. The Morgan fingerprint density at radius 3 is 2.38 bits per heavy atom. The van der Waals surface area contributed by atoms with Crippen molar-refractivity contribution in [2.24, 2.45) is 4.99 Å². The number of amides is 1. The van der Waals surface area contributed by atoms with E-state index in [1.807, 2.05) is 42.2 Å². The van der Waals surface area contributed by atoms with Crippen molar-refractivity contribution >= 4 is 41.5 Å². The first-order chi connectivity index (χ1) is 15.2. The number of para-hydroxylation sites is 2. The number of hydrogen-bond donors (Lipinski definition) is 2. The fraction of sp³-hybridized carbons (Fsp3) is 0.417. The standard InChI is InChI=1S/C24H33N5O2.HI/c1-3-31-22-12-8-7-9-20(22)19-27-24(25-2)26-14-13-23(30)29-17-15-28(16-18-29)21-10-5-4-6-11-21;/h4-12H,3,13-19H2,1-2H3,(H2,25,26,27);1H. The zero-order valence-corrected chi connectivity index (χ0v) is 21.2. The number of nitrogens with one attached hydrogen (secondary N) is 2. The van der Waals surface area contributed by atoms with Gasteiger partial charge in [0.05, 0.1) is 6.61 Å². The number of halogens is 1. The zero-order chi connectivity index (χ0) is 21.9. The van der Waals surface area contributed by atoms with Gasteiger partial charge in [-0.25, -0.2) is 0 Å². The van der Waals surface area contributed by atoms with Crippen LogP contribution in [0, 0.1) is 0 Å². The maximum Gasteiger partial charge on any atom is 0.224 e. The van der Waals surface area contributed by atoms with Crippen molar-refractivity contribution in [2.45, 2.75) is 19.9 Å². The van der Waals surface area contributed by atoms with Gasteiger partial charge in [0, 0.05) is 64.0 Å². The number of hydrogen-bond acceptors (Lipinski definition) is 4. The van der Waals surface area contributed by atoms with Crippen LogP contribution in [0.2, 0.25) is 0 Å². The van der Waals surface area contributed by atoms with E-state index in [1.165, 1.54) is 5.69 Å². The van der Waals surface area contributed by atoms with Crippen LogP contribution in [-0.4, -0.2) is 63.1 Å². The second-order valence-electron chi connectivity index (χ2n) is 7.35. The maximum atomic E-state index is 12.6. The number of anilines is 1. The van der Waals surface area contributed by atoms with Crippen molar-refractivity contribution in [1.29, 1.82) is 0 Å². The molecule has 0 radical (unpaired) electrons. The van der Waals surface area contributed by atoms with Crippen LogP contribution in [0.3, 0.4) is 0 Å². The molecule has 7 nitrogen and oxygen atoms in total. The first-order valence-corrected chi connectivity index (χ1v) is 10.9. The quantitative estimate of drug-likeness (QED) is 0.300. The Labute approximate surface area is 208 Å². The summed E-state index contributed by atoms with van der Waals surface area (Å²) >= 11 is 0. The fourth-order valence-electron chi connectivity index (χ4n) is 3.64. The lowest BCUT2D eigenvalue weighted by molar-refractivity contribution is -0.131. The summed E-state index contributed by atoms with van der Waals surface area (Å²) in [5.74, 6) is 1.73. The summed E-state index contributed by atoms with van der Waals surface area (Å²) in [6, 6.07) is 18.3. The van der Waals surface area contributed by atoms with E-state index < -0.39 is 0 Å². The van der Waals surface area contributed by atoms with Gasteiger partial charge in [0.1, 0.15) is 5.75 Å². The van der Waals surface area contributed by atoms with E-state index in [4.69, 9.17) is 4.74 Å². The topological polar surface area (TPSA) is 69.2 Å². The first kappa shape index (κ1) is 25.8. The van der Waals surface area contributed by atoms with Gasteiger partial charge in [0.25, 0.3) is 0 Å². The van der Waals surface area contributed by atoms with Crippen molar-refractivity contribution in [3.05, 3.63) is 60.2 Å². The van der Waals surface area contributed by atoms with Crippen LogP contribution in [0.25, 0.3) is 0 Å². The number of aliphatic imine (C=N–C) groups is 1. The number of nitrogens with zero attached hydrogens (tertiary/aromatic N) is 3. The molecule has 1 fully saturated rings. The Kier molecular flexibility index (Phi) is 11.1. The maximum absolute atomic E-state index is 12.6. The number of piperazine rings is 1. The molecule has 1 heterocycles. The van der Waals surface area contributed by atoms with Crippen LogP contribution in [0.5, 0.6) is 5.75 Å². The number of carbonyl (C=O) groups excluding carboxylic acids is 1. The Bertz CT molecular complexity index is 854. The van der Waals surface area contributed by atoms with E-state index in [2.05, 4.69) is 44.8 Å². The summed E-state index contributed by atoms with van der Waals surface area (Å²) < 4.78 is 5.66. The van der Waals surface area contributed by atoms with Crippen LogP contribution in [-0.2, 0) is 11.3 Å². The Morgan fingerprint density at radius 1 is 1.00 bits per heavy atom. The second-order valence-corrected chi connectivity index (χ2v) is 7.35. The highest BCUT2D eigenvalue weighted by Crippen LogP contribution is 2.17. The number of guanidine groups is 1. The summed E-state index contributed by atoms with van der Waals surface area (Å²) in [6.45, 7) is 7.01. The van der Waals surface area contributed by atoms with Crippen molar-refractivity contribution in [3.8, 4) is 5.75 Å². The Hall–Kier alpha value is -2.49. The molecule has 1 aliphatic rings. The van der Waals surface area contributed by atoms with E-state index in [-0.39, 0.29) is 29.9 Å². The molecular formula is C24H34IN5O2. The van der Waals surface area contributed by atoms with Gasteiger partial charge < -0.3 is 25.2 Å². The molecule has 2 N–H and O–H groups in total. The largest absolute Gasteiger partial charge is 0.494 e. The molecule has 0 unspecified atom stereocenters. The van der Waals surface area contributed by atoms with Crippen molar-refractivity contribution in [2.75, 3.05) is 51.3 Å². The molecule has 1 amide bonds. The third-order valence-electron chi connectivity index (χ3n) is 5.33. The van der Waals surface area contributed by atoms with Crippen LogP contribution in [0.1, 0.15) is 18.9 Å². The Balaban J connectivity index is 0.00000363. The average molecular weight is 551 g/mol. The van der Waals surface area contributed by atoms with Crippen molar-refractivity contribution in [1.82, 2.24) is 15.5 Å². The molecule has 174 valence electrons. The molecule has 0 aromatic heterocycles. The van der Waals surface area contributed by atoms with Crippen molar-refractivity contribution < 1.29 is 9.53 Å². The number of rotatable bonds is 8. The van der Waals surface area contributed by atoms with E-state index in [1.54, 1.807) is 7.05 Å². The van der Waals surface area contributed by atoms with Crippen LogP contribution >= 0.6 is 24.0 Å². The minimum Gasteiger partial charge on any atom is -0.494 e. The van der Waals surface area contributed by atoms with Gasteiger partial charge in [-0.3, -0.25) is 9.79 Å². The number of benzene rings is 2. The van der Waals surface area contributed by atoms with Gasteiger partial charge in [-0.2, -0.15) is 0 Å². The molecular weight excluding hydrogens is 517 g/mol. The lowest BCUT2D eigenvalue weighted by atomic mass is 10.2. The van der Waals surface area contributed by atoms with Gasteiger partial charge in [0.2, 0.25) is 5.91 Å². The van der Waals surface area contributed by atoms with Gasteiger partial charge in [-0.1, -0.05) is 36.4 Å². The molecule has 3 rings (SSSR count). The third kappa shape index (κ3) is 7.58. The fourth-order valence-corrected chi connectivity index (χ4v) is 3.64. The molecule has 32 heavy (non-hydrogen) atoms.